The fourth-order valence-corrected chi connectivity index (χ4v) is 2.40. The van der Waals surface area contributed by atoms with Gasteiger partial charge in [-0.3, -0.25) is 0 Å². The maximum absolute atomic E-state index is 5.38. The van der Waals surface area contributed by atoms with Gasteiger partial charge in [0.2, 0.25) is 0 Å². The minimum absolute atomic E-state index is 0.515. The van der Waals surface area contributed by atoms with Crippen LogP contribution in [0.5, 0.6) is 0 Å². The highest BCUT2D eigenvalue weighted by Crippen LogP contribution is 2.13. The average Bonchev–Trinajstić information content (AvgIpc) is 2.34. The van der Waals surface area contributed by atoms with Gasteiger partial charge in [0, 0.05) is 26.2 Å². The molecule has 0 aromatic rings. The zero-order valence-corrected chi connectivity index (χ0v) is 11.9. The van der Waals surface area contributed by atoms with Crippen LogP contribution < -0.4 is 5.32 Å². The van der Waals surface area contributed by atoms with Crippen molar-refractivity contribution in [2.45, 2.75) is 58.1 Å². The topological polar surface area (TPSA) is 24.5 Å². The zero-order chi connectivity index (χ0) is 12.5. The standard InChI is InChI=1S/C14H30N2O/c1-13(2)15-9-5-4-6-10-16-11-7-14(17-3)8-12-16/h13-15H,4-12H2,1-3H3. The van der Waals surface area contributed by atoms with Gasteiger partial charge >= 0.3 is 0 Å². The molecule has 0 radical (unpaired) electrons. The van der Waals surface area contributed by atoms with E-state index in [0.717, 1.165) is 0 Å². The second kappa shape index (κ2) is 8.90. The van der Waals surface area contributed by atoms with Crippen molar-refractivity contribution >= 4 is 0 Å². The Bertz CT molecular complexity index is 177. The molecule has 1 fully saturated rings. The Hall–Kier alpha value is -0.120. The predicted molar refractivity (Wildman–Crippen MR) is 73.5 cm³/mol. The van der Waals surface area contributed by atoms with Crippen LogP contribution in [-0.2, 0) is 4.74 Å². The molecule has 1 N–H and O–H groups in total. The second-order valence-electron chi connectivity index (χ2n) is 5.45. The number of piperidine rings is 1. The highest BCUT2D eigenvalue weighted by molar-refractivity contribution is 4.72. The Morgan fingerprint density at radius 3 is 2.47 bits per heavy atom. The summed E-state index contributed by atoms with van der Waals surface area (Å²) in [5, 5.41) is 3.47. The Labute approximate surface area is 107 Å². The normalized spacial score (nSPS) is 19.1. The van der Waals surface area contributed by atoms with Gasteiger partial charge in [-0.25, -0.2) is 0 Å². The first-order valence-corrected chi connectivity index (χ1v) is 7.21. The van der Waals surface area contributed by atoms with Crippen molar-refractivity contribution in [3.05, 3.63) is 0 Å². The summed E-state index contributed by atoms with van der Waals surface area (Å²) in [7, 11) is 1.84. The molecule has 0 bridgehead atoms. The Morgan fingerprint density at radius 1 is 1.18 bits per heavy atom. The van der Waals surface area contributed by atoms with E-state index in [-0.39, 0.29) is 0 Å². The Balaban J connectivity index is 1.90. The first-order chi connectivity index (χ1) is 8.22. The lowest BCUT2D eigenvalue weighted by molar-refractivity contribution is 0.0407. The summed E-state index contributed by atoms with van der Waals surface area (Å²) in [6.07, 6.45) is 6.95. The Kier molecular flexibility index (Phi) is 7.82. The van der Waals surface area contributed by atoms with Crippen LogP contribution >= 0.6 is 0 Å². The molecule has 0 aromatic carbocycles. The number of hydrogen-bond donors (Lipinski definition) is 1. The molecule has 0 amide bonds. The van der Waals surface area contributed by atoms with E-state index in [1.807, 2.05) is 7.11 Å². The molecule has 0 aliphatic carbocycles. The maximum atomic E-state index is 5.38. The third-order valence-corrected chi connectivity index (χ3v) is 3.57. The molecule has 1 aliphatic heterocycles. The fourth-order valence-electron chi connectivity index (χ4n) is 2.40. The van der Waals surface area contributed by atoms with Crippen LogP contribution in [0.3, 0.4) is 0 Å². The van der Waals surface area contributed by atoms with E-state index in [9.17, 15) is 0 Å². The lowest BCUT2D eigenvalue weighted by atomic mass is 10.1. The van der Waals surface area contributed by atoms with E-state index in [0.29, 0.717) is 12.1 Å². The van der Waals surface area contributed by atoms with Crippen LogP contribution in [0.15, 0.2) is 0 Å². The summed E-state index contributed by atoms with van der Waals surface area (Å²) >= 11 is 0. The molecule has 1 saturated heterocycles. The third-order valence-electron chi connectivity index (χ3n) is 3.57. The number of methoxy groups -OCH3 is 1. The van der Waals surface area contributed by atoms with Gasteiger partial charge in [-0.05, 0) is 38.8 Å². The van der Waals surface area contributed by atoms with Crippen molar-refractivity contribution in [3.8, 4) is 0 Å². The van der Waals surface area contributed by atoms with Crippen molar-refractivity contribution in [2.75, 3.05) is 33.3 Å². The number of nitrogens with one attached hydrogen (secondary N) is 1. The predicted octanol–water partition coefficient (Wildman–Crippen LogP) is 2.27. The van der Waals surface area contributed by atoms with E-state index >= 15 is 0 Å². The highest BCUT2D eigenvalue weighted by Gasteiger charge is 2.17. The van der Waals surface area contributed by atoms with Crippen molar-refractivity contribution in [2.24, 2.45) is 0 Å². The van der Waals surface area contributed by atoms with Gasteiger partial charge in [0.1, 0.15) is 0 Å². The summed E-state index contributed by atoms with van der Waals surface area (Å²) in [4.78, 5) is 2.59. The van der Waals surface area contributed by atoms with Crippen LogP contribution in [-0.4, -0.2) is 50.3 Å². The molecule has 1 aliphatic rings. The van der Waals surface area contributed by atoms with Crippen LogP contribution in [0.4, 0.5) is 0 Å². The highest BCUT2D eigenvalue weighted by atomic mass is 16.5. The molecule has 3 heteroatoms. The van der Waals surface area contributed by atoms with Crippen molar-refractivity contribution < 1.29 is 4.74 Å². The Morgan fingerprint density at radius 2 is 1.88 bits per heavy atom. The molecular formula is C14H30N2O. The van der Waals surface area contributed by atoms with Gasteiger partial charge in [0.05, 0.1) is 6.10 Å². The molecule has 102 valence electrons. The van der Waals surface area contributed by atoms with Gasteiger partial charge in [0.15, 0.2) is 0 Å². The maximum Gasteiger partial charge on any atom is 0.0595 e. The van der Waals surface area contributed by atoms with Gasteiger partial charge in [-0.1, -0.05) is 20.3 Å². The van der Waals surface area contributed by atoms with Gasteiger partial charge in [0.25, 0.3) is 0 Å². The number of unbranched alkanes of at least 4 members (excludes halogenated alkanes) is 2. The van der Waals surface area contributed by atoms with Gasteiger partial charge in [-0.15, -0.1) is 0 Å². The zero-order valence-electron chi connectivity index (χ0n) is 11.9. The van der Waals surface area contributed by atoms with Crippen molar-refractivity contribution in [1.29, 1.82) is 0 Å². The molecular weight excluding hydrogens is 212 g/mol. The average molecular weight is 242 g/mol. The SMILES string of the molecule is COC1CCN(CCCCCNC(C)C)CC1. The van der Waals surface area contributed by atoms with Gasteiger partial charge < -0.3 is 15.0 Å². The van der Waals surface area contributed by atoms with Crippen LogP contribution in [0.2, 0.25) is 0 Å². The molecule has 0 atom stereocenters. The molecule has 17 heavy (non-hydrogen) atoms. The summed E-state index contributed by atoms with van der Waals surface area (Å²) in [5.74, 6) is 0. The van der Waals surface area contributed by atoms with Crippen LogP contribution in [0, 0.1) is 0 Å². The van der Waals surface area contributed by atoms with E-state index < -0.39 is 0 Å². The molecule has 1 heterocycles. The van der Waals surface area contributed by atoms with E-state index in [1.165, 1.54) is 58.3 Å². The largest absolute Gasteiger partial charge is 0.381 e. The number of ether oxygens (including phenoxy) is 1. The molecule has 3 nitrogen and oxygen atoms in total. The summed E-state index contributed by atoms with van der Waals surface area (Å²) in [5.41, 5.74) is 0. The van der Waals surface area contributed by atoms with Crippen molar-refractivity contribution in [3.63, 3.8) is 0 Å². The second-order valence-corrected chi connectivity index (χ2v) is 5.45. The monoisotopic (exact) mass is 242 g/mol. The first kappa shape index (κ1) is 14.9. The summed E-state index contributed by atoms with van der Waals surface area (Å²) in [6, 6.07) is 0.628. The third kappa shape index (κ3) is 7.02. The number of likely N-dealkylation sites (tertiary alicyclic amines) is 1. The lowest BCUT2D eigenvalue weighted by Crippen LogP contribution is -2.37. The summed E-state index contributed by atoms with van der Waals surface area (Å²) < 4.78 is 5.38. The molecule has 0 aromatic heterocycles. The van der Waals surface area contributed by atoms with Crippen molar-refractivity contribution in [1.82, 2.24) is 10.2 Å². The first-order valence-electron chi connectivity index (χ1n) is 7.21. The van der Waals surface area contributed by atoms with E-state index in [1.54, 1.807) is 0 Å². The number of hydrogen-bond acceptors (Lipinski definition) is 3. The molecule has 1 rings (SSSR count). The van der Waals surface area contributed by atoms with Gasteiger partial charge in [-0.2, -0.15) is 0 Å². The van der Waals surface area contributed by atoms with E-state index in [4.69, 9.17) is 4.74 Å². The number of nitrogens with zero attached hydrogens (tertiary/aromatic N) is 1. The van der Waals surface area contributed by atoms with Crippen LogP contribution in [0.25, 0.3) is 0 Å². The van der Waals surface area contributed by atoms with Crippen LogP contribution in [0.1, 0.15) is 46.0 Å². The molecule has 0 saturated carbocycles. The quantitative estimate of drug-likeness (QED) is 0.661. The smallest absolute Gasteiger partial charge is 0.0595 e. The molecule has 0 spiro atoms. The molecule has 0 unspecified atom stereocenters. The lowest BCUT2D eigenvalue weighted by Gasteiger charge is -2.31. The minimum atomic E-state index is 0.515. The number of rotatable bonds is 8. The fraction of sp³-hybridized carbons (Fsp3) is 1.00. The minimum Gasteiger partial charge on any atom is -0.381 e. The van der Waals surface area contributed by atoms with E-state index in [2.05, 4.69) is 24.1 Å². The summed E-state index contributed by atoms with van der Waals surface area (Å²) in [6.45, 7) is 9.31.